The predicted molar refractivity (Wildman–Crippen MR) is 113 cm³/mol. The zero-order valence-electron chi connectivity index (χ0n) is 18.2. The summed E-state index contributed by atoms with van der Waals surface area (Å²) in [6, 6.07) is 4.45. The molecule has 0 bridgehead atoms. The number of benzene rings is 1. The van der Waals surface area contributed by atoms with E-state index in [-0.39, 0.29) is 10.7 Å². The molecule has 1 aromatic carbocycles. The van der Waals surface area contributed by atoms with Gasteiger partial charge in [-0.2, -0.15) is 0 Å². The predicted octanol–water partition coefficient (Wildman–Crippen LogP) is 3.25. The molecule has 1 saturated heterocycles. The molecule has 3 heterocycles. The third kappa shape index (κ3) is 4.10. The first kappa shape index (κ1) is 24.0. The Hall–Kier alpha value is -3.15. The first-order chi connectivity index (χ1) is 16.0. The van der Waals surface area contributed by atoms with E-state index in [1.807, 2.05) is 0 Å². The summed E-state index contributed by atoms with van der Waals surface area (Å²) in [7, 11) is 0. The third-order valence-electron chi connectivity index (χ3n) is 5.64. The van der Waals surface area contributed by atoms with E-state index in [4.69, 9.17) is 25.8 Å². The molecule has 34 heavy (non-hydrogen) atoms. The van der Waals surface area contributed by atoms with Crippen molar-refractivity contribution in [3.8, 4) is 0 Å². The van der Waals surface area contributed by atoms with Crippen LogP contribution in [0.15, 0.2) is 36.8 Å². The summed E-state index contributed by atoms with van der Waals surface area (Å²) in [5.41, 5.74) is -1.44. The van der Waals surface area contributed by atoms with Gasteiger partial charge in [-0.15, -0.1) is 0 Å². The van der Waals surface area contributed by atoms with Crippen LogP contribution < -0.4 is 0 Å². The second-order valence-electron chi connectivity index (χ2n) is 8.00. The van der Waals surface area contributed by atoms with Crippen molar-refractivity contribution in [2.75, 3.05) is 0 Å². The molecule has 0 aliphatic carbocycles. The molecule has 0 saturated carbocycles. The number of aliphatic hydroxyl groups excluding tert-OH is 1. The minimum absolute atomic E-state index is 0.0350. The molecule has 3 aromatic rings. The van der Waals surface area contributed by atoms with E-state index < -0.39 is 53.7 Å². The van der Waals surface area contributed by atoms with Crippen LogP contribution in [0.3, 0.4) is 0 Å². The maximum absolute atomic E-state index is 13.9. The Morgan fingerprint density at radius 2 is 1.94 bits per heavy atom. The van der Waals surface area contributed by atoms with Gasteiger partial charge in [0, 0.05) is 20.0 Å². The standard InChI is InChI=1S/C22H20ClF2N3O6/c1-10(29)32-18-21(28-7-6-13-19(23)26-9-27-20(13)28)33-17(22(18,3)34-11(2)30)16(31)12-4-5-14(24)15(25)8-12/h4-9,16-18,21,31H,1-3H3/t16?,17-,18+,21-,22-/m1/s1. The number of carbonyl (C=O) groups excluding carboxylic acids is 2. The number of hydrogen-bond acceptors (Lipinski definition) is 8. The Morgan fingerprint density at radius 3 is 2.59 bits per heavy atom. The van der Waals surface area contributed by atoms with Crippen LogP contribution in [0.25, 0.3) is 11.0 Å². The minimum atomic E-state index is -1.74. The first-order valence-corrected chi connectivity index (χ1v) is 10.5. The van der Waals surface area contributed by atoms with Gasteiger partial charge in [-0.05, 0) is 30.7 Å². The van der Waals surface area contributed by atoms with E-state index in [1.54, 1.807) is 12.3 Å². The lowest BCUT2D eigenvalue weighted by atomic mass is 9.87. The van der Waals surface area contributed by atoms with Gasteiger partial charge in [0.1, 0.15) is 29.3 Å². The Balaban J connectivity index is 1.85. The Kier molecular flexibility index (Phi) is 6.28. The van der Waals surface area contributed by atoms with Crippen molar-refractivity contribution in [3.05, 3.63) is 59.1 Å². The van der Waals surface area contributed by atoms with Gasteiger partial charge in [-0.1, -0.05) is 17.7 Å². The number of carbonyl (C=O) groups is 2. The van der Waals surface area contributed by atoms with Crippen LogP contribution in [-0.4, -0.2) is 49.4 Å². The van der Waals surface area contributed by atoms with Gasteiger partial charge in [0.15, 0.2) is 29.6 Å². The average Bonchev–Trinajstić information content (AvgIpc) is 3.29. The molecule has 1 aliphatic rings. The van der Waals surface area contributed by atoms with Gasteiger partial charge in [0.2, 0.25) is 0 Å². The topological polar surface area (TPSA) is 113 Å². The van der Waals surface area contributed by atoms with Crippen molar-refractivity contribution < 1.29 is 37.7 Å². The molecule has 0 amide bonds. The van der Waals surface area contributed by atoms with E-state index in [1.165, 1.54) is 23.9 Å². The Morgan fingerprint density at radius 1 is 1.21 bits per heavy atom. The van der Waals surface area contributed by atoms with Crippen LogP contribution in [0, 0.1) is 11.6 Å². The highest BCUT2D eigenvalue weighted by molar-refractivity contribution is 6.33. The fraction of sp³-hybridized carbons (Fsp3) is 0.364. The minimum Gasteiger partial charge on any atom is -0.453 e. The number of rotatable bonds is 5. The zero-order valence-corrected chi connectivity index (χ0v) is 19.0. The fourth-order valence-electron chi connectivity index (χ4n) is 4.20. The lowest BCUT2D eigenvalue weighted by Crippen LogP contribution is -2.52. The SMILES string of the molecule is CC(=O)O[C@H]1[C@H](n2ccc3c(Cl)ncnc32)O[C@H](C(O)c2ccc(F)c(F)c2)[C@@]1(C)OC(C)=O. The summed E-state index contributed by atoms with van der Waals surface area (Å²) in [6.07, 6.45) is -2.55. The van der Waals surface area contributed by atoms with E-state index in [9.17, 15) is 23.5 Å². The summed E-state index contributed by atoms with van der Waals surface area (Å²) in [5.74, 6) is -3.73. The number of hydrogen-bond donors (Lipinski definition) is 1. The molecule has 2 aromatic heterocycles. The number of ether oxygens (including phenoxy) is 3. The van der Waals surface area contributed by atoms with Crippen LogP contribution in [-0.2, 0) is 23.8 Å². The summed E-state index contributed by atoms with van der Waals surface area (Å²) >= 11 is 6.14. The highest BCUT2D eigenvalue weighted by Gasteiger charge is 2.61. The summed E-state index contributed by atoms with van der Waals surface area (Å²) in [6.45, 7) is 3.73. The van der Waals surface area contributed by atoms with Crippen molar-refractivity contribution in [2.24, 2.45) is 0 Å². The summed E-state index contributed by atoms with van der Waals surface area (Å²) in [5, 5.41) is 11.8. The van der Waals surface area contributed by atoms with Gasteiger partial charge in [-0.25, -0.2) is 18.7 Å². The maximum Gasteiger partial charge on any atom is 0.303 e. The molecule has 0 spiro atoms. The van der Waals surface area contributed by atoms with E-state index in [0.29, 0.717) is 11.0 Å². The second-order valence-corrected chi connectivity index (χ2v) is 8.36. The summed E-state index contributed by atoms with van der Waals surface area (Å²) in [4.78, 5) is 32.2. The van der Waals surface area contributed by atoms with E-state index in [0.717, 1.165) is 26.0 Å². The molecule has 1 fully saturated rings. The van der Waals surface area contributed by atoms with Crippen LogP contribution in [0.4, 0.5) is 8.78 Å². The van der Waals surface area contributed by atoms with Crippen LogP contribution in [0.2, 0.25) is 5.15 Å². The zero-order chi connectivity index (χ0) is 24.8. The maximum atomic E-state index is 13.9. The molecule has 1 aliphatic heterocycles. The Labute approximate surface area is 197 Å². The van der Waals surface area contributed by atoms with Gasteiger partial charge in [0.05, 0.1) is 5.39 Å². The smallest absolute Gasteiger partial charge is 0.303 e. The highest BCUT2D eigenvalue weighted by Crippen LogP contribution is 2.47. The largest absolute Gasteiger partial charge is 0.453 e. The molecule has 1 N–H and O–H groups in total. The average molecular weight is 496 g/mol. The number of nitrogens with zero attached hydrogens (tertiary/aromatic N) is 3. The Bertz CT molecular complexity index is 1270. The van der Waals surface area contributed by atoms with Crippen molar-refractivity contribution in [2.45, 2.75) is 50.9 Å². The molecule has 12 heteroatoms. The monoisotopic (exact) mass is 495 g/mol. The lowest BCUT2D eigenvalue weighted by Gasteiger charge is -2.35. The fourth-order valence-corrected chi connectivity index (χ4v) is 4.39. The molecule has 1 unspecified atom stereocenters. The van der Waals surface area contributed by atoms with Crippen molar-refractivity contribution in [1.29, 1.82) is 0 Å². The van der Waals surface area contributed by atoms with Crippen LogP contribution >= 0.6 is 11.6 Å². The molecule has 5 atom stereocenters. The van der Waals surface area contributed by atoms with E-state index >= 15 is 0 Å². The number of aliphatic hydroxyl groups is 1. The molecule has 180 valence electrons. The molecule has 0 radical (unpaired) electrons. The second kappa shape index (κ2) is 8.90. The number of esters is 2. The first-order valence-electron chi connectivity index (χ1n) is 10.1. The molecule has 4 rings (SSSR count). The molecule has 9 nitrogen and oxygen atoms in total. The van der Waals surface area contributed by atoms with Crippen molar-refractivity contribution >= 4 is 34.6 Å². The normalized spacial score (nSPS) is 25.3. The van der Waals surface area contributed by atoms with Gasteiger partial charge in [0.25, 0.3) is 0 Å². The quantitative estimate of drug-likeness (QED) is 0.424. The molecular formula is C22H20ClF2N3O6. The highest BCUT2D eigenvalue weighted by atomic mass is 35.5. The number of aromatic nitrogens is 3. The number of halogens is 3. The summed E-state index contributed by atoms with van der Waals surface area (Å²) < 4.78 is 46.0. The molecular weight excluding hydrogens is 476 g/mol. The third-order valence-corrected chi connectivity index (χ3v) is 5.94. The van der Waals surface area contributed by atoms with E-state index in [2.05, 4.69) is 9.97 Å². The van der Waals surface area contributed by atoms with Gasteiger partial charge in [-0.3, -0.25) is 9.59 Å². The van der Waals surface area contributed by atoms with Crippen LogP contribution in [0.5, 0.6) is 0 Å². The van der Waals surface area contributed by atoms with Crippen LogP contribution in [0.1, 0.15) is 38.7 Å². The number of fused-ring (bicyclic) bond motifs is 1. The van der Waals surface area contributed by atoms with Gasteiger partial charge >= 0.3 is 11.9 Å². The van der Waals surface area contributed by atoms with Crippen molar-refractivity contribution in [1.82, 2.24) is 14.5 Å². The lowest BCUT2D eigenvalue weighted by molar-refractivity contribution is -0.185. The van der Waals surface area contributed by atoms with Crippen molar-refractivity contribution in [3.63, 3.8) is 0 Å². The van der Waals surface area contributed by atoms with Gasteiger partial charge < -0.3 is 23.9 Å².